The number of halogens is 3. The number of nitrogens with zero attached hydrogens (tertiary/aromatic N) is 2. The SMILES string of the molecule is CCOP(=O)(CN1CCN(CC[C@H](CS(=O)c2ccccc2)Nc2ccc(NS(=O)[O-])cc2S(=O)(=O)C(F)(F)F)CC1)OCC. The summed E-state index contributed by atoms with van der Waals surface area (Å²) in [5.41, 5.74) is -6.44. The van der Waals surface area contributed by atoms with Crippen LogP contribution in [0.1, 0.15) is 20.3 Å². The lowest BCUT2D eigenvalue weighted by Gasteiger charge is -2.36. The van der Waals surface area contributed by atoms with Crippen LogP contribution in [-0.2, 0) is 45.5 Å². The Labute approximate surface area is 266 Å². The monoisotopic (exact) mass is 717 g/mol. The number of benzene rings is 2. The molecule has 1 fully saturated rings. The smallest absolute Gasteiger partial charge is 0.501 e. The second-order valence-electron chi connectivity index (χ2n) is 10.00. The van der Waals surface area contributed by atoms with E-state index >= 15 is 0 Å². The molecule has 0 aromatic heterocycles. The maximum absolute atomic E-state index is 13.6. The minimum absolute atomic E-state index is 0.0496. The van der Waals surface area contributed by atoms with Crippen molar-refractivity contribution in [1.82, 2.24) is 9.80 Å². The number of piperazine rings is 1. The van der Waals surface area contributed by atoms with E-state index in [1.807, 2.05) is 9.62 Å². The largest absolute Gasteiger partial charge is 0.755 e. The highest BCUT2D eigenvalue weighted by Gasteiger charge is 2.48. The molecule has 0 amide bonds. The normalized spacial score (nSPS) is 17.5. The molecule has 2 unspecified atom stereocenters. The third-order valence-electron chi connectivity index (χ3n) is 6.78. The van der Waals surface area contributed by atoms with Crippen LogP contribution in [0.3, 0.4) is 0 Å². The zero-order valence-electron chi connectivity index (χ0n) is 24.7. The number of sulfone groups is 1. The molecule has 3 atom stereocenters. The van der Waals surface area contributed by atoms with Crippen LogP contribution in [-0.4, -0.2) is 101 Å². The second-order valence-corrected chi connectivity index (χ2v) is 16.1. The second kappa shape index (κ2) is 16.8. The topological polar surface area (TPSA) is 157 Å². The Morgan fingerprint density at radius 2 is 1.60 bits per heavy atom. The van der Waals surface area contributed by atoms with Crippen molar-refractivity contribution in [1.29, 1.82) is 0 Å². The molecule has 12 nitrogen and oxygen atoms in total. The molecule has 2 aromatic carbocycles. The maximum atomic E-state index is 13.6. The number of alkyl halides is 3. The first-order valence-corrected chi connectivity index (χ1v) is 19.6. The van der Waals surface area contributed by atoms with Crippen molar-refractivity contribution in [3.05, 3.63) is 48.5 Å². The van der Waals surface area contributed by atoms with Crippen LogP contribution < -0.4 is 10.0 Å². The van der Waals surface area contributed by atoms with Crippen LogP contribution >= 0.6 is 7.60 Å². The highest BCUT2D eigenvalue weighted by molar-refractivity contribution is 7.92. The van der Waals surface area contributed by atoms with Crippen molar-refractivity contribution >= 4 is 50.9 Å². The van der Waals surface area contributed by atoms with E-state index < -0.39 is 61.6 Å². The summed E-state index contributed by atoms with van der Waals surface area (Å²) in [4.78, 5) is 3.39. The lowest BCUT2D eigenvalue weighted by molar-refractivity contribution is -0.0435. The van der Waals surface area contributed by atoms with Crippen LogP contribution in [0.4, 0.5) is 24.5 Å². The predicted molar refractivity (Wildman–Crippen MR) is 166 cm³/mol. The third-order valence-corrected chi connectivity index (χ3v) is 12.3. The molecule has 2 aromatic rings. The van der Waals surface area contributed by atoms with E-state index in [1.165, 1.54) is 0 Å². The van der Waals surface area contributed by atoms with E-state index in [0.29, 0.717) is 43.7 Å². The highest BCUT2D eigenvalue weighted by Crippen LogP contribution is 2.48. The summed E-state index contributed by atoms with van der Waals surface area (Å²) in [7, 11) is -10.8. The zero-order valence-corrected chi connectivity index (χ0v) is 28.1. The molecule has 1 aliphatic rings. The summed E-state index contributed by atoms with van der Waals surface area (Å²) in [5, 5.41) is 2.85. The molecule has 0 radical (unpaired) electrons. The van der Waals surface area contributed by atoms with E-state index in [4.69, 9.17) is 9.05 Å². The van der Waals surface area contributed by atoms with Crippen molar-refractivity contribution in [3.63, 3.8) is 0 Å². The van der Waals surface area contributed by atoms with E-state index in [1.54, 1.807) is 44.2 Å². The maximum Gasteiger partial charge on any atom is 0.501 e. The first kappa shape index (κ1) is 37.6. The number of nitrogens with one attached hydrogen (secondary N) is 2. The molecule has 0 saturated carbocycles. The van der Waals surface area contributed by atoms with Gasteiger partial charge in [-0.15, -0.1) is 0 Å². The third kappa shape index (κ3) is 11.1. The van der Waals surface area contributed by atoms with Gasteiger partial charge in [-0.2, -0.15) is 13.2 Å². The minimum Gasteiger partial charge on any atom is -0.755 e. The molecule has 2 N–H and O–H groups in total. The Balaban J connectivity index is 1.80. The molecular weight excluding hydrogens is 680 g/mol. The Kier molecular flexibility index (Phi) is 14.0. The summed E-state index contributed by atoms with van der Waals surface area (Å²) in [6, 6.07) is 10.5. The lowest BCUT2D eigenvalue weighted by Crippen LogP contribution is -2.47. The fourth-order valence-electron chi connectivity index (χ4n) is 4.67. The molecule has 45 heavy (non-hydrogen) atoms. The van der Waals surface area contributed by atoms with E-state index in [0.717, 1.165) is 12.1 Å². The molecule has 3 rings (SSSR count). The van der Waals surface area contributed by atoms with Gasteiger partial charge < -0.3 is 28.5 Å². The fourth-order valence-corrected chi connectivity index (χ4v) is 9.00. The molecule has 1 saturated heterocycles. The Morgan fingerprint density at radius 1 is 1.00 bits per heavy atom. The number of rotatable bonds is 17. The zero-order chi connectivity index (χ0) is 33.3. The molecule has 1 aliphatic heterocycles. The summed E-state index contributed by atoms with van der Waals surface area (Å²) in [6.07, 6.45) is 0.426. The van der Waals surface area contributed by atoms with Crippen molar-refractivity contribution < 1.29 is 48.2 Å². The van der Waals surface area contributed by atoms with Crippen LogP contribution in [0.2, 0.25) is 0 Å². The van der Waals surface area contributed by atoms with Crippen LogP contribution in [0.15, 0.2) is 58.3 Å². The van der Waals surface area contributed by atoms with Crippen molar-refractivity contribution in [3.8, 4) is 0 Å². The first-order chi connectivity index (χ1) is 21.2. The van der Waals surface area contributed by atoms with E-state index in [-0.39, 0.29) is 37.4 Å². The average molecular weight is 718 g/mol. The predicted octanol–water partition coefficient (Wildman–Crippen LogP) is 4.01. The van der Waals surface area contributed by atoms with Crippen LogP contribution in [0, 0.1) is 0 Å². The highest BCUT2D eigenvalue weighted by atomic mass is 32.2. The van der Waals surface area contributed by atoms with E-state index in [2.05, 4.69) is 10.2 Å². The summed E-state index contributed by atoms with van der Waals surface area (Å²) in [5.74, 6) is -0.0496. The first-order valence-electron chi connectivity index (χ1n) is 14.0. The lowest BCUT2D eigenvalue weighted by atomic mass is 10.2. The van der Waals surface area contributed by atoms with Crippen LogP contribution in [0.25, 0.3) is 0 Å². The van der Waals surface area contributed by atoms with Gasteiger partial charge >= 0.3 is 13.1 Å². The van der Waals surface area contributed by atoms with Crippen LogP contribution in [0.5, 0.6) is 0 Å². The van der Waals surface area contributed by atoms with Gasteiger partial charge in [0.15, 0.2) is 0 Å². The average Bonchev–Trinajstić information content (AvgIpc) is 2.97. The standard InChI is InChI=1S/C26H38F3N4O8PS3/c1-3-40-42(34,41-4-2)20-33-16-14-32(15-17-33)13-12-22(19-43(35)23-8-6-5-7-9-23)30-24-11-10-21(31-44(36)37)18-25(24)45(38,39)26(27,28)29/h5-11,18,22,30-31H,3-4,12-17,19-20H2,1-2H3,(H,36,37)/p-1/t22-,43?/m1/s1. The quantitative estimate of drug-likeness (QED) is 0.180. The van der Waals surface area contributed by atoms with E-state index in [9.17, 15) is 39.1 Å². The van der Waals surface area contributed by atoms with Gasteiger partial charge in [-0.3, -0.25) is 17.9 Å². The minimum atomic E-state index is -5.90. The van der Waals surface area contributed by atoms with Gasteiger partial charge in [0.25, 0.3) is 9.84 Å². The van der Waals surface area contributed by atoms with Crippen molar-refractivity contribution in [2.24, 2.45) is 0 Å². The van der Waals surface area contributed by atoms with Gasteiger partial charge in [0, 0.05) is 66.4 Å². The number of hydrogen-bond acceptors (Lipinski definition) is 11. The molecule has 1 heterocycles. The summed E-state index contributed by atoms with van der Waals surface area (Å²) in [6.45, 7) is 6.67. The molecule has 19 heteroatoms. The van der Waals surface area contributed by atoms with Gasteiger partial charge in [0.2, 0.25) is 0 Å². The fraction of sp³-hybridized carbons (Fsp3) is 0.538. The van der Waals surface area contributed by atoms with Gasteiger partial charge in [0.1, 0.15) is 11.2 Å². The Hall–Kier alpha value is -1.89. The van der Waals surface area contributed by atoms with Crippen molar-refractivity contribution in [2.75, 3.05) is 68.0 Å². The number of anilines is 2. The van der Waals surface area contributed by atoms with Gasteiger partial charge in [-0.1, -0.05) is 18.2 Å². The Morgan fingerprint density at radius 3 is 2.16 bits per heavy atom. The molecule has 0 spiro atoms. The van der Waals surface area contributed by atoms with Gasteiger partial charge in [-0.25, -0.2) is 8.42 Å². The summed E-state index contributed by atoms with van der Waals surface area (Å²) < 4.78 is 127. The van der Waals surface area contributed by atoms with Gasteiger partial charge in [0.05, 0.1) is 29.7 Å². The van der Waals surface area contributed by atoms with Gasteiger partial charge in [-0.05, 0) is 50.6 Å². The number of hydrogen-bond donors (Lipinski definition) is 2. The molecule has 0 bridgehead atoms. The summed E-state index contributed by atoms with van der Waals surface area (Å²) >= 11 is -2.91. The molecule has 0 aliphatic carbocycles. The van der Waals surface area contributed by atoms with Crippen molar-refractivity contribution in [2.45, 2.75) is 41.6 Å². The molecular formula is C26H37F3N4O8PS3-. The Bertz CT molecular complexity index is 1450. The molecule has 254 valence electrons.